The lowest BCUT2D eigenvalue weighted by Crippen LogP contribution is -2.03. The van der Waals surface area contributed by atoms with Gasteiger partial charge in [-0.2, -0.15) is 0 Å². The molecule has 0 bridgehead atoms. The Bertz CT molecular complexity index is 726. The normalized spacial score (nSPS) is 11.1. The predicted octanol–water partition coefficient (Wildman–Crippen LogP) is 2.63. The Labute approximate surface area is 104 Å². The van der Waals surface area contributed by atoms with Crippen LogP contribution < -0.4 is 5.19 Å². The summed E-state index contributed by atoms with van der Waals surface area (Å²) in [5.74, 6) is 0. The number of hydrogen-bond acceptors (Lipinski definition) is 0. The van der Waals surface area contributed by atoms with Gasteiger partial charge in [0, 0.05) is 10.2 Å². The fraction of sp³-hybridized carbons (Fsp3) is 0. The Hall–Kier alpha value is -1.86. The van der Waals surface area contributed by atoms with E-state index < -0.39 is 0 Å². The topological polar surface area (TPSA) is 0 Å². The van der Waals surface area contributed by atoms with Crippen LogP contribution in [0.5, 0.6) is 0 Å². The van der Waals surface area contributed by atoms with Gasteiger partial charge in [-0.25, -0.2) is 0 Å². The van der Waals surface area contributed by atoms with Crippen LogP contribution in [0, 0.1) is 0 Å². The van der Waals surface area contributed by atoms with Gasteiger partial charge in [0.2, 0.25) is 0 Å². The molecule has 0 aliphatic carbocycles. The highest BCUT2D eigenvalue weighted by atomic mass is 28.1. The van der Waals surface area contributed by atoms with Crippen LogP contribution >= 0.6 is 0 Å². The quantitative estimate of drug-likeness (QED) is 0.448. The summed E-state index contributed by atoms with van der Waals surface area (Å²) >= 11 is 0. The molecule has 0 radical (unpaired) electrons. The third-order valence-electron chi connectivity index (χ3n) is 3.33. The second-order valence-electron chi connectivity index (χ2n) is 4.42. The van der Waals surface area contributed by atoms with Gasteiger partial charge in [-0.05, 0) is 33.2 Å². The van der Waals surface area contributed by atoms with Gasteiger partial charge >= 0.3 is 0 Å². The van der Waals surface area contributed by atoms with E-state index in [1.165, 1.54) is 32.3 Å². The van der Waals surface area contributed by atoms with Crippen molar-refractivity contribution < 1.29 is 0 Å². The van der Waals surface area contributed by atoms with E-state index >= 15 is 0 Å². The first-order valence-electron chi connectivity index (χ1n) is 5.84. The third kappa shape index (κ3) is 1.59. The number of hydrogen-bond donors (Lipinski definition) is 0. The summed E-state index contributed by atoms with van der Waals surface area (Å²) in [7, 11) is 1.09. The van der Waals surface area contributed by atoms with Crippen LogP contribution in [0.25, 0.3) is 27.6 Å². The molecule has 0 atom stereocenters. The lowest BCUT2D eigenvalue weighted by Gasteiger charge is -2.08. The van der Waals surface area contributed by atoms with Crippen LogP contribution in [0.3, 0.4) is 0 Å². The maximum atomic E-state index is 3.84. The Morgan fingerprint density at radius 3 is 2.41 bits per heavy atom. The van der Waals surface area contributed by atoms with Crippen molar-refractivity contribution in [3.8, 4) is 0 Å². The van der Waals surface area contributed by atoms with E-state index in [-0.39, 0.29) is 0 Å². The molecule has 3 rings (SSSR count). The Morgan fingerprint density at radius 1 is 0.882 bits per heavy atom. The van der Waals surface area contributed by atoms with Gasteiger partial charge < -0.3 is 0 Å². The number of rotatable bonds is 1. The van der Waals surface area contributed by atoms with Gasteiger partial charge in [-0.3, -0.25) is 0 Å². The Kier molecular flexibility index (Phi) is 2.34. The summed E-state index contributed by atoms with van der Waals surface area (Å²) in [6.45, 7) is 3.84. The second kappa shape index (κ2) is 3.86. The zero-order chi connectivity index (χ0) is 11.8. The highest BCUT2D eigenvalue weighted by Crippen LogP contribution is 2.25. The fourth-order valence-corrected chi connectivity index (χ4v) is 3.18. The highest BCUT2D eigenvalue weighted by molar-refractivity contribution is 6.41. The van der Waals surface area contributed by atoms with Crippen LogP contribution in [0.15, 0.2) is 55.1 Å². The van der Waals surface area contributed by atoms with E-state index in [1.54, 1.807) is 0 Å². The van der Waals surface area contributed by atoms with Crippen LogP contribution in [-0.2, 0) is 0 Å². The lowest BCUT2D eigenvalue weighted by atomic mass is 10.00. The monoisotopic (exact) mass is 234 g/mol. The number of fused-ring (bicyclic) bond motifs is 3. The molecule has 0 fully saturated rings. The average Bonchev–Trinajstić information content (AvgIpc) is 2.39. The standard InChI is InChI=1S/C16H14Si/c1-2-11-7-8-12-10-16(17)14-6-4-3-5-13(14)15(12)9-11/h2-10H,1H2,17H3. The summed E-state index contributed by atoms with van der Waals surface area (Å²) in [5.41, 5.74) is 1.18. The van der Waals surface area contributed by atoms with Crippen molar-refractivity contribution >= 4 is 43.1 Å². The molecule has 1 heteroatoms. The van der Waals surface area contributed by atoms with Crippen molar-refractivity contribution in [3.05, 3.63) is 60.7 Å². The second-order valence-corrected chi connectivity index (χ2v) is 5.50. The molecule has 0 heterocycles. The van der Waals surface area contributed by atoms with Gasteiger partial charge in [0.1, 0.15) is 0 Å². The average molecular weight is 234 g/mol. The highest BCUT2D eigenvalue weighted by Gasteiger charge is 2.03. The third-order valence-corrected chi connectivity index (χ3v) is 4.15. The summed E-state index contributed by atoms with van der Waals surface area (Å²) in [4.78, 5) is 0. The molecular weight excluding hydrogens is 220 g/mol. The van der Waals surface area contributed by atoms with E-state index in [2.05, 4.69) is 55.1 Å². The van der Waals surface area contributed by atoms with E-state index in [0.29, 0.717) is 0 Å². The lowest BCUT2D eigenvalue weighted by molar-refractivity contribution is 1.74. The first-order chi connectivity index (χ1) is 8.29. The van der Waals surface area contributed by atoms with Gasteiger partial charge in [-0.1, -0.05) is 60.3 Å². The van der Waals surface area contributed by atoms with Gasteiger partial charge in [-0.15, -0.1) is 0 Å². The molecule has 82 valence electrons. The largest absolute Gasteiger partial charge is 0.0985 e. The van der Waals surface area contributed by atoms with Crippen LogP contribution in [-0.4, -0.2) is 10.2 Å². The zero-order valence-corrected chi connectivity index (χ0v) is 11.9. The molecule has 3 aromatic carbocycles. The molecule has 0 aliphatic rings. The first-order valence-corrected chi connectivity index (χ1v) is 6.84. The minimum absolute atomic E-state index is 1.09. The SMILES string of the molecule is C=Cc1ccc2cc([SiH3])c3ccccc3c2c1. The molecule has 3 aromatic rings. The van der Waals surface area contributed by atoms with Crippen LogP contribution in [0.2, 0.25) is 0 Å². The molecule has 0 saturated heterocycles. The molecule has 0 nitrogen and oxygen atoms in total. The maximum absolute atomic E-state index is 3.84. The van der Waals surface area contributed by atoms with E-state index in [9.17, 15) is 0 Å². The molecule has 0 N–H and O–H groups in total. The minimum Gasteiger partial charge on any atom is -0.0985 e. The fourth-order valence-electron chi connectivity index (χ4n) is 2.43. The van der Waals surface area contributed by atoms with Crippen molar-refractivity contribution in [3.63, 3.8) is 0 Å². The van der Waals surface area contributed by atoms with Crippen LogP contribution in [0.4, 0.5) is 0 Å². The van der Waals surface area contributed by atoms with Gasteiger partial charge in [0.25, 0.3) is 0 Å². The van der Waals surface area contributed by atoms with Gasteiger partial charge in [0.05, 0.1) is 0 Å². The van der Waals surface area contributed by atoms with E-state index in [4.69, 9.17) is 0 Å². The van der Waals surface area contributed by atoms with Crippen molar-refractivity contribution in [1.82, 2.24) is 0 Å². The van der Waals surface area contributed by atoms with Crippen molar-refractivity contribution in [2.75, 3.05) is 0 Å². The van der Waals surface area contributed by atoms with E-state index in [0.717, 1.165) is 10.2 Å². The predicted molar refractivity (Wildman–Crippen MR) is 81.1 cm³/mol. The van der Waals surface area contributed by atoms with Crippen molar-refractivity contribution in [1.29, 1.82) is 0 Å². The molecule has 0 unspecified atom stereocenters. The summed E-state index contributed by atoms with van der Waals surface area (Å²) in [6, 6.07) is 17.5. The number of benzene rings is 3. The van der Waals surface area contributed by atoms with Crippen molar-refractivity contribution in [2.45, 2.75) is 0 Å². The Balaban J connectivity index is 2.55. The summed E-state index contributed by atoms with van der Waals surface area (Å²) in [6.07, 6.45) is 1.91. The van der Waals surface area contributed by atoms with Crippen LogP contribution in [0.1, 0.15) is 5.56 Å². The molecular formula is C16H14Si. The zero-order valence-electron chi connectivity index (χ0n) is 9.90. The Morgan fingerprint density at radius 2 is 1.65 bits per heavy atom. The van der Waals surface area contributed by atoms with E-state index in [1.807, 2.05) is 6.08 Å². The smallest absolute Gasteiger partial charge is 0.0393 e. The minimum atomic E-state index is 1.09. The molecule has 17 heavy (non-hydrogen) atoms. The van der Waals surface area contributed by atoms with Crippen molar-refractivity contribution in [2.24, 2.45) is 0 Å². The molecule has 0 aliphatic heterocycles. The molecule has 0 amide bonds. The first kappa shape index (κ1) is 10.3. The maximum Gasteiger partial charge on any atom is 0.0393 e. The summed E-state index contributed by atoms with van der Waals surface area (Å²) in [5, 5.41) is 6.89. The molecule has 0 spiro atoms. The molecule has 0 aromatic heterocycles. The van der Waals surface area contributed by atoms with Gasteiger partial charge in [0.15, 0.2) is 0 Å². The summed E-state index contributed by atoms with van der Waals surface area (Å²) < 4.78 is 0. The molecule has 0 saturated carbocycles.